The van der Waals surface area contributed by atoms with Crippen molar-refractivity contribution in [1.82, 2.24) is 29.5 Å². The van der Waals surface area contributed by atoms with Gasteiger partial charge in [0, 0.05) is 35.6 Å². The van der Waals surface area contributed by atoms with E-state index in [1.807, 2.05) is 37.6 Å². The Balaban J connectivity index is 1.46. The summed E-state index contributed by atoms with van der Waals surface area (Å²) in [7, 11) is 0. The van der Waals surface area contributed by atoms with E-state index in [2.05, 4.69) is 30.4 Å². The second kappa shape index (κ2) is 5.00. The number of nitrogens with zero attached hydrogens (tertiary/aromatic N) is 5. The highest BCUT2D eigenvalue weighted by molar-refractivity contribution is 5.93. The van der Waals surface area contributed by atoms with E-state index < -0.39 is 5.60 Å². The standard InChI is InChI=1S/C17H17N7O/c1-17(25)5-11(6-17)22-16-19-8-13-12(7-18-15(13)23-16)10-2-3-24-14(4-10)20-9-21-24/h2-4,7-9,11,25H,5-6H2,1H3,(H2,18,19,22,23). The number of anilines is 1. The summed E-state index contributed by atoms with van der Waals surface area (Å²) in [5.74, 6) is 0.578. The van der Waals surface area contributed by atoms with Crippen LogP contribution in [-0.4, -0.2) is 46.3 Å². The van der Waals surface area contributed by atoms with Crippen molar-refractivity contribution in [2.45, 2.75) is 31.4 Å². The second-order valence-corrected chi connectivity index (χ2v) is 6.88. The Morgan fingerprint density at radius 2 is 2.24 bits per heavy atom. The highest BCUT2D eigenvalue weighted by atomic mass is 16.3. The molecular formula is C17H17N7O. The van der Waals surface area contributed by atoms with E-state index in [0.29, 0.717) is 18.8 Å². The van der Waals surface area contributed by atoms with E-state index in [1.165, 1.54) is 6.33 Å². The van der Waals surface area contributed by atoms with Crippen LogP contribution < -0.4 is 5.32 Å². The van der Waals surface area contributed by atoms with Crippen molar-refractivity contribution in [1.29, 1.82) is 0 Å². The summed E-state index contributed by atoms with van der Waals surface area (Å²) in [5, 5.41) is 18.2. The van der Waals surface area contributed by atoms with E-state index in [0.717, 1.165) is 27.8 Å². The zero-order valence-corrected chi connectivity index (χ0v) is 13.6. The Hall–Kier alpha value is -3.00. The summed E-state index contributed by atoms with van der Waals surface area (Å²) < 4.78 is 1.73. The summed E-state index contributed by atoms with van der Waals surface area (Å²) in [6, 6.07) is 4.20. The van der Waals surface area contributed by atoms with Gasteiger partial charge >= 0.3 is 0 Å². The van der Waals surface area contributed by atoms with Gasteiger partial charge in [0.05, 0.1) is 5.60 Å². The molecule has 4 aromatic heterocycles. The molecule has 3 N–H and O–H groups in total. The average molecular weight is 335 g/mol. The summed E-state index contributed by atoms with van der Waals surface area (Å²) in [6.45, 7) is 1.85. The first-order valence-corrected chi connectivity index (χ1v) is 8.20. The lowest BCUT2D eigenvalue weighted by molar-refractivity contribution is -0.0235. The first-order chi connectivity index (χ1) is 12.1. The van der Waals surface area contributed by atoms with Crippen molar-refractivity contribution >= 4 is 22.6 Å². The number of rotatable bonds is 3. The molecule has 0 atom stereocenters. The zero-order valence-electron chi connectivity index (χ0n) is 13.6. The Morgan fingerprint density at radius 1 is 1.36 bits per heavy atom. The third kappa shape index (κ3) is 2.42. The first kappa shape index (κ1) is 14.4. The number of fused-ring (bicyclic) bond motifs is 2. The summed E-state index contributed by atoms with van der Waals surface area (Å²) in [4.78, 5) is 16.4. The van der Waals surface area contributed by atoms with Gasteiger partial charge in [-0.2, -0.15) is 10.1 Å². The zero-order chi connectivity index (χ0) is 17.0. The number of H-pyrrole nitrogens is 1. The fourth-order valence-corrected chi connectivity index (χ4v) is 3.48. The van der Waals surface area contributed by atoms with Gasteiger partial charge in [-0.1, -0.05) is 0 Å². The maximum atomic E-state index is 9.82. The molecule has 1 aliphatic carbocycles. The Morgan fingerprint density at radius 3 is 3.08 bits per heavy atom. The largest absolute Gasteiger partial charge is 0.390 e. The van der Waals surface area contributed by atoms with E-state index in [-0.39, 0.29) is 6.04 Å². The summed E-state index contributed by atoms with van der Waals surface area (Å²) in [5.41, 5.74) is 3.06. The molecule has 8 nitrogen and oxygen atoms in total. The van der Waals surface area contributed by atoms with Crippen molar-refractivity contribution < 1.29 is 5.11 Å². The monoisotopic (exact) mass is 335 g/mol. The fourth-order valence-electron chi connectivity index (χ4n) is 3.48. The normalized spacial score (nSPS) is 23.0. The van der Waals surface area contributed by atoms with Crippen LogP contribution in [-0.2, 0) is 0 Å². The maximum absolute atomic E-state index is 9.82. The molecule has 8 heteroatoms. The number of pyridine rings is 1. The SMILES string of the molecule is CC1(O)CC(Nc2ncc3c(-c4ccn5ncnc5c4)c[nH]c3n2)C1. The van der Waals surface area contributed by atoms with Crippen molar-refractivity contribution in [2.75, 3.05) is 5.32 Å². The molecule has 25 heavy (non-hydrogen) atoms. The van der Waals surface area contributed by atoms with Gasteiger partial charge in [0.25, 0.3) is 0 Å². The first-order valence-electron chi connectivity index (χ1n) is 8.20. The minimum absolute atomic E-state index is 0.220. The van der Waals surface area contributed by atoms with Crippen molar-refractivity contribution in [3.05, 3.63) is 37.1 Å². The number of aromatic nitrogens is 6. The van der Waals surface area contributed by atoms with E-state index >= 15 is 0 Å². The molecule has 0 unspecified atom stereocenters. The second-order valence-electron chi connectivity index (χ2n) is 6.88. The van der Waals surface area contributed by atoms with E-state index in [1.54, 1.807) is 4.52 Å². The highest BCUT2D eigenvalue weighted by Crippen LogP contribution is 2.33. The molecule has 1 aliphatic rings. The van der Waals surface area contributed by atoms with Gasteiger partial charge in [-0.3, -0.25) is 0 Å². The molecule has 0 amide bonds. The van der Waals surface area contributed by atoms with Crippen LogP contribution in [0.3, 0.4) is 0 Å². The van der Waals surface area contributed by atoms with Crippen molar-refractivity contribution in [3.8, 4) is 11.1 Å². The molecule has 4 aromatic rings. The highest BCUT2D eigenvalue weighted by Gasteiger charge is 2.38. The minimum atomic E-state index is -0.568. The van der Waals surface area contributed by atoms with E-state index in [9.17, 15) is 5.11 Å². The number of nitrogens with one attached hydrogen (secondary N) is 2. The van der Waals surface area contributed by atoms with Gasteiger partial charge in [0.15, 0.2) is 5.65 Å². The molecular weight excluding hydrogens is 318 g/mol. The van der Waals surface area contributed by atoms with Gasteiger partial charge in [-0.15, -0.1) is 0 Å². The van der Waals surface area contributed by atoms with Crippen LogP contribution >= 0.6 is 0 Å². The third-order valence-electron chi connectivity index (χ3n) is 4.73. The summed E-state index contributed by atoms with van der Waals surface area (Å²) in [6.07, 6.45) is 8.59. The maximum Gasteiger partial charge on any atom is 0.224 e. The fraction of sp³-hybridized carbons (Fsp3) is 0.294. The molecule has 0 aliphatic heterocycles. The average Bonchev–Trinajstić information content (AvgIpc) is 3.18. The number of aromatic amines is 1. The molecule has 0 bridgehead atoms. The molecule has 0 spiro atoms. The molecule has 4 heterocycles. The minimum Gasteiger partial charge on any atom is -0.390 e. The molecule has 0 radical (unpaired) electrons. The van der Waals surface area contributed by atoms with Gasteiger partial charge in [-0.05, 0) is 37.5 Å². The molecule has 1 fully saturated rings. The molecule has 1 saturated carbocycles. The topological polar surface area (TPSA) is 104 Å². The molecule has 5 rings (SSSR count). The summed E-state index contributed by atoms with van der Waals surface area (Å²) >= 11 is 0. The van der Waals surface area contributed by atoms with Crippen LogP contribution in [0.25, 0.3) is 27.8 Å². The van der Waals surface area contributed by atoms with Gasteiger partial charge < -0.3 is 15.4 Å². The van der Waals surface area contributed by atoms with E-state index in [4.69, 9.17) is 0 Å². The van der Waals surface area contributed by atoms with Gasteiger partial charge in [-0.25, -0.2) is 14.5 Å². The smallest absolute Gasteiger partial charge is 0.224 e. The Kier molecular flexibility index (Phi) is 2.87. The lowest BCUT2D eigenvalue weighted by atomic mass is 9.77. The quantitative estimate of drug-likeness (QED) is 0.529. The van der Waals surface area contributed by atoms with Crippen LogP contribution in [0.1, 0.15) is 19.8 Å². The van der Waals surface area contributed by atoms with Crippen molar-refractivity contribution in [2.24, 2.45) is 0 Å². The number of hydrogen-bond donors (Lipinski definition) is 3. The molecule has 0 aromatic carbocycles. The number of aliphatic hydroxyl groups is 1. The van der Waals surface area contributed by atoms with Crippen LogP contribution in [0.4, 0.5) is 5.95 Å². The van der Waals surface area contributed by atoms with Crippen LogP contribution in [0.15, 0.2) is 37.1 Å². The Labute approximate surface area is 143 Å². The van der Waals surface area contributed by atoms with Gasteiger partial charge in [0.2, 0.25) is 5.95 Å². The predicted octanol–water partition coefficient (Wildman–Crippen LogP) is 1.99. The molecule has 0 saturated heterocycles. The van der Waals surface area contributed by atoms with Crippen molar-refractivity contribution in [3.63, 3.8) is 0 Å². The van der Waals surface area contributed by atoms with Crippen LogP contribution in [0, 0.1) is 0 Å². The number of hydrogen-bond acceptors (Lipinski definition) is 6. The van der Waals surface area contributed by atoms with Gasteiger partial charge in [0.1, 0.15) is 12.0 Å². The lowest BCUT2D eigenvalue weighted by Crippen LogP contribution is -2.48. The lowest BCUT2D eigenvalue weighted by Gasteiger charge is -2.41. The molecule has 126 valence electrons. The van der Waals surface area contributed by atoms with Crippen LogP contribution in [0.5, 0.6) is 0 Å². The Bertz CT molecular complexity index is 1070. The third-order valence-corrected chi connectivity index (χ3v) is 4.73. The predicted molar refractivity (Wildman–Crippen MR) is 93.1 cm³/mol. The van der Waals surface area contributed by atoms with Crippen LogP contribution in [0.2, 0.25) is 0 Å².